The van der Waals surface area contributed by atoms with Crippen LogP contribution in [0.4, 0.5) is 4.39 Å². The second kappa shape index (κ2) is 6.81. The van der Waals surface area contributed by atoms with Crippen molar-refractivity contribution in [3.05, 3.63) is 35.1 Å². The molecule has 0 aliphatic carbocycles. The van der Waals surface area contributed by atoms with E-state index in [4.69, 9.17) is 5.11 Å². The lowest BCUT2D eigenvalue weighted by molar-refractivity contribution is 0.0696. The van der Waals surface area contributed by atoms with E-state index in [2.05, 4.69) is 17.1 Å². The van der Waals surface area contributed by atoms with Crippen LogP contribution in [0.1, 0.15) is 35.7 Å². The molecule has 1 heterocycles. The predicted molar refractivity (Wildman–Crippen MR) is 75.3 cm³/mol. The molecule has 0 radical (unpaired) electrons. The Morgan fingerprint density at radius 3 is 2.80 bits per heavy atom. The average Bonchev–Trinajstić information content (AvgIpc) is 2.94. The van der Waals surface area contributed by atoms with Crippen LogP contribution >= 0.6 is 0 Å². The molecule has 1 aliphatic heterocycles. The molecule has 0 saturated carbocycles. The fourth-order valence-electron chi connectivity index (χ4n) is 2.57. The monoisotopic (exact) mass is 280 g/mol. The van der Waals surface area contributed by atoms with Gasteiger partial charge >= 0.3 is 5.97 Å². The summed E-state index contributed by atoms with van der Waals surface area (Å²) >= 11 is 0. The van der Waals surface area contributed by atoms with Gasteiger partial charge in [-0.25, -0.2) is 9.18 Å². The van der Waals surface area contributed by atoms with E-state index in [0.29, 0.717) is 18.2 Å². The van der Waals surface area contributed by atoms with Crippen LogP contribution < -0.4 is 5.32 Å². The van der Waals surface area contributed by atoms with Crippen LogP contribution in [-0.4, -0.2) is 41.7 Å². The standard InChI is InChI=1S/C15H21FN2O2/c1-11(18-6-2-3-7-18)9-17-10-13-8-12(15(19)20)4-5-14(13)16/h4-5,8,11,17H,2-3,6-7,9-10H2,1H3,(H,19,20). The Labute approximate surface area is 118 Å². The van der Waals surface area contributed by atoms with Gasteiger partial charge in [-0.2, -0.15) is 0 Å². The third-order valence-corrected chi connectivity index (χ3v) is 3.81. The van der Waals surface area contributed by atoms with E-state index >= 15 is 0 Å². The van der Waals surface area contributed by atoms with Crippen LogP contribution in [0, 0.1) is 5.82 Å². The highest BCUT2D eigenvalue weighted by atomic mass is 19.1. The highest BCUT2D eigenvalue weighted by Gasteiger charge is 2.17. The maximum atomic E-state index is 13.6. The Hall–Kier alpha value is -1.46. The summed E-state index contributed by atoms with van der Waals surface area (Å²) in [6.07, 6.45) is 2.50. The summed E-state index contributed by atoms with van der Waals surface area (Å²) in [5.41, 5.74) is 0.523. The van der Waals surface area contributed by atoms with Gasteiger partial charge in [-0.3, -0.25) is 4.90 Å². The van der Waals surface area contributed by atoms with Gasteiger partial charge in [-0.1, -0.05) is 0 Å². The molecular formula is C15H21FN2O2. The van der Waals surface area contributed by atoms with Gasteiger partial charge in [0, 0.05) is 24.7 Å². The number of nitrogens with one attached hydrogen (secondary N) is 1. The van der Waals surface area contributed by atoms with Crippen LogP contribution in [-0.2, 0) is 6.54 Å². The lowest BCUT2D eigenvalue weighted by Gasteiger charge is -2.24. The van der Waals surface area contributed by atoms with E-state index in [1.807, 2.05) is 0 Å². The first-order valence-electron chi connectivity index (χ1n) is 7.04. The molecule has 1 unspecified atom stereocenters. The Morgan fingerprint density at radius 2 is 2.15 bits per heavy atom. The number of rotatable bonds is 6. The first-order chi connectivity index (χ1) is 9.58. The number of nitrogens with zero attached hydrogens (tertiary/aromatic N) is 1. The summed E-state index contributed by atoms with van der Waals surface area (Å²) in [7, 11) is 0. The number of benzene rings is 1. The van der Waals surface area contributed by atoms with E-state index in [0.717, 1.165) is 19.6 Å². The number of aromatic carboxylic acids is 1. The van der Waals surface area contributed by atoms with Gasteiger partial charge in [0.2, 0.25) is 0 Å². The number of hydrogen-bond donors (Lipinski definition) is 2. The normalized spacial score (nSPS) is 17.3. The minimum absolute atomic E-state index is 0.121. The van der Waals surface area contributed by atoms with E-state index in [9.17, 15) is 9.18 Å². The summed E-state index contributed by atoms with van der Waals surface area (Å²) in [4.78, 5) is 13.3. The van der Waals surface area contributed by atoms with Crippen molar-refractivity contribution in [2.45, 2.75) is 32.4 Å². The largest absolute Gasteiger partial charge is 0.478 e. The van der Waals surface area contributed by atoms with Gasteiger partial charge < -0.3 is 10.4 Å². The lowest BCUT2D eigenvalue weighted by atomic mass is 10.1. The second-order valence-electron chi connectivity index (χ2n) is 5.33. The van der Waals surface area contributed by atoms with Crippen LogP contribution in [0.15, 0.2) is 18.2 Å². The molecule has 0 aromatic heterocycles. The molecule has 1 aromatic rings. The fourth-order valence-corrected chi connectivity index (χ4v) is 2.57. The molecule has 2 rings (SSSR count). The maximum absolute atomic E-state index is 13.6. The van der Waals surface area contributed by atoms with E-state index in [1.54, 1.807) is 0 Å². The van der Waals surface area contributed by atoms with Crippen molar-refractivity contribution in [2.24, 2.45) is 0 Å². The predicted octanol–water partition coefficient (Wildman–Crippen LogP) is 2.10. The van der Waals surface area contributed by atoms with Crippen molar-refractivity contribution in [1.29, 1.82) is 0 Å². The van der Waals surface area contributed by atoms with Crippen molar-refractivity contribution in [3.8, 4) is 0 Å². The van der Waals surface area contributed by atoms with Crippen LogP contribution in [0.3, 0.4) is 0 Å². The van der Waals surface area contributed by atoms with Crippen molar-refractivity contribution in [3.63, 3.8) is 0 Å². The minimum atomic E-state index is -1.03. The zero-order valence-corrected chi connectivity index (χ0v) is 11.7. The Kier molecular flexibility index (Phi) is 5.09. The smallest absolute Gasteiger partial charge is 0.335 e. The van der Waals surface area contributed by atoms with Crippen LogP contribution in [0.5, 0.6) is 0 Å². The molecule has 1 aromatic carbocycles. The fraction of sp³-hybridized carbons (Fsp3) is 0.533. The van der Waals surface area contributed by atoms with Gasteiger partial charge in [-0.15, -0.1) is 0 Å². The SMILES string of the molecule is CC(CNCc1cc(C(=O)O)ccc1F)N1CCCC1. The van der Waals surface area contributed by atoms with Crippen LogP contribution in [0.25, 0.3) is 0 Å². The molecule has 110 valence electrons. The average molecular weight is 280 g/mol. The Balaban J connectivity index is 1.87. The van der Waals surface area contributed by atoms with Crippen molar-refractivity contribution in [1.82, 2.24) is 10.2 Å². The molecule has 1 fully saturated rings. The summed E-state index contributed by atoms with van der Waals surface area (Å²) in [5.74, 6) is -1.40. The summed E-state index contributed by atoms with van der Waals surface area (Å²) < 4.78 is 13.6. The number of carboxylic acids is 1. The third kappa shape index (κ3) is 3.77. The van der Waals surface area contributed by atoms with E-state index < -0.39 is 5.97 Å². The molecule has 1 saturated heterocycles. The highest BCUT2D eigenvalue weighted by Crippen LogP contribution is 2.12. The van der Waals surface area contributed by atoms with Gasteiger partial charge in [0.25, 0.3) is 0 Å². The highest BCUT2D eigenvalue weighted by molar-refractivity contribution is 5.87. The molecular weight excluding hydrogens is 259 g/mol. The molecule has 0 bridgehead atoms. The summed E-state index contributed by atoms with van der Waals surface area (Å²) in [5, 5.41) is 12.1. The minimum Gasteiger partial charge on any atom is -0.478 e. The quantitative estimate of drug-likeness (QED) is 0.838. The number of hydrogen-bond acceptors (Lipinski definition) is 3. The zero-order chi connectivity index (χ0) is 14.5. The van der Waals surface area contributed by atoms with Gasteiger partial charge in [0.05, 0.1) is 5.56 Å². The molecule has 0 amide bonds. The van der Waals surface area contributed by atoms with E-state index in [-0.39, 0.29) is 11.4 Å². The number of carbonyl (C=O) groups is 1. The first-order valence-corrected chi connectivity index (χ1v) is 7.04. The first kappa shape index (κ1) is 14.9. The summed E-state index contributed by atoms with van der Waals surface area (Å²) in [6, 6.07) is 4.31. The molecule has 20 heavy (non-hydrogen) atoms. The number of carboxylic acid groups (broad SMARTS) is 1. The van der Waals surface area contributed by atoms with Crippen molar-refractivity contribution < 1.29 is 14.3 Å². The zero-order valence-electron chi connectivity index (χ0n) is 11.7. The molecule has 2 N–H and O–H groups in total. The Bertz CT molecular complexity index is 473. The van der Waals surface area contributed by atoms with Crippen molar-refractivity contribution >= 4 is 5.97 Å². The lowest BCUT2D eigenvalue weighted by Crippen LogP contribution is -2.38. The molecule has 0 spiro atoms. The topological polar surface area (TPSA) is 52.6 Å². The number of likely N-dealkylation sites (tertiary alicyclic amines) is 1. The molecule has 1 aliphatic rings. The van der Waals surface area contributed by atoms with Crippen LogP contribution in [0.2, 0.25) is 0 Å². The van der Waals surface area contributed by atoms with Gasteiger partial charge in [-0.05, 0) is 51.1 Å². The molecule has 5 heteroatoms. The van der Waals surface area contributed by atoms with Gasteiger partial charge in [0.1, 0.15) is 5.82 Å². The molecule has 1 atom stereocenters. The maximum Gasteiger partial charge on any atom is 0.335 e. The number of halogens is 1. The van der Waals surface area contributed by atoms with Gasteiger partial charge in [0.15, 0.2) is 0 Å². The summed E-state index contributed by atoms with van der Waals surface area (Å²) in [6.45, 7) is 5.54. The third-order valence-electron chi connectivity index (χ3n) is 3.81. The molecule has 4 nitrogen and oxygen atoms in total. The Morgan fingerprint density at radius 1 is 1.45 bits per heavy atom. The van der Waals surface area contributed by atoms with Crippen molar-refractivity contribution in [2.75, 3.05) is 19.6 Å². The second-order valence-corrected chi connectivity index (χ2v) is 5.33. The van der Waals surface area contributed by atoms with E-state index in [1.165, 1.54) is 31.0 Å².